The summed E-state index contributed by atoms with van der Waals surface area (Å²) >= 11 is 1.40. The maximum atomic E-state index is 12.1. The molecule has 0 fully saturated rings. The fourth-order valence-corrected chi connectivity index (χ4v) is 2.67. The average Bonchev–Trinajstić information content (AvgIpc) is 3.05. The van der Waals surface area contributed by atoms with Crippen molar-refractivity contribution >= 4 is 27.9 Å². The third-order valence-electron chi connectivity index (χ3n) is 2.75. The van der Waals surface area contributed by atoms with Gasteiger partial charge in [-0.25, -0.2) is 4.52 Å². The summed E-state index contributed by atoms with van der Waals surface area (Å²) < 4.78 is 1.66. The van der Waals surface area contributed by atoms with E-state index in [1.54, 1.807) is 16.8 Å². The van der Waals surface area contributed by atoms with Gasteiger partial charge in [0.05, 0.1) is 5.52 Å². The second-order valence-electron chi connectivity index (χ2n) is 4.30. The van der Waals surface area contributed by atoms with Gasteiger partial charge in [0.2, 0.25) is 5.13 Å². The van der Waals surface area contributed by atoms with Gasteiger partial charge in [0.15, 0.2) is 5.69 Å². The van der Waals surface area contributed by atoms with Gasteiger partial charge in [-0.3, -0.25) is 10.1 Å². The smallest absolute Gasteiger partial charge is 0.278 e. The highest BCUT2D eigenvalue weighted by Crippen LogP contribution is 2.17. The Morgan fingerprint density at radius 3 is 3.10 bits per heavy atom. The van der Waals surface area contributed by atoms with Crippen molar-refractivity contribution in [3.63, 3.8) is 0 Å². The summed E-state index contributed by atoms with van der Waals surface area (Å²) in [5.74, 6) is -0.270. The molecule has 0 aliphatic carbocycles. The molecule has 0 aliphatic heterocycles. The molecule has 6 nitrogen and oxygen atoms in total. The Balaban J connectivity index is 1.77. The maximum absolute atomic E-state index is 12.1. The molecule has 1 amide bonds. The third-order valence-corrected chi connectivity index (χ3v) is 3.65. The molecule has 3 aromatic heterocycles. The van der Waals surface area contributed by atoms with E-state index >= 15 is 0 Å². The molecule has 3 heterocycles. The molecule has 0 aliphatic rings. The van der Waals surface area contributed by atoms with Crippen molar-refractivity contribution in [2.75, 3.05) is 5.32 Å². The zero-order valence-corrected chi connectivity index (χ0v) is 11.7. The Morgan fingerprint density at radius 2 is 2.30 bits per heavy atom. The summed E-state index contributed by atoms with van der Waals surface area (Å²) in [5.41, 5.74) is 1.24. The van der Waals surface area contributed by atoms with Crippen LogP contribution in [0.5, 0.6) is 0 Å². The average molecular weight is 287 g/mol. The lowest BCUT2D eigenvalue weighted by atomic mass is 10.3. The van der Waals surface area contributed by atoms with Gasteiger partial charge < -0.3 is 0 Å². The van der Waals surface area contributed by atoms with Crippen LogP contribution >= 0.6 is 11.3 Å². The topological polar surface area (TPSA) is 72.2 Å². The molecule has 3 rings (SSSR count). The van der Waals surface area contributed by atoms with Crippen LogP contribution in [-0.2, 0) is 6.42 Å². The fourth-order valence-electron chi connectivity index (χ4n) is 1.83. The van der Waals surface area contributed by atoms with E-state index in [4.69, 9.17) is 0 Å². The molecule has 7 heteroatoms. The highest BCUT2D eigenvalue weighted by atomic mass is 32.1. The minimum Gasteiger partial charge on any atom is -0.295 e. The Morgan fingerprint density at radius 1 is 1.40 bits per heavy atom. The third kappa shape index (κ3) is 2.53. The van der Waals surface area contributed by atoms with E-state index < -0.39 is 0 Å². The first-order valence-corrected chi connectivity index (χ1v) is 7.16. The Bertz CT molecular complexity index is 715. The SMILES string of the molecule is CCCc1nnc(NC(=O)c2cc3ccccn3n2)s1. The zero-order valence-electron chi connectivity index (χ0n) is 10.9. The monoisotopic (exact) mass is 287 g/mol. The van der Waals surface area contributed by atoms with Crippen LogP contribution in [0.25, 0.3) is 5.52 Å². The first kappa shape index (κ1) is 12.7. The molecule has 3 aromatic rings. The van der Waals surface area contributed by atoms with Crippen LogP contribution in [0.15, 0.2) is 30.5 Å². The standard InChI is InChI=1S/C13H13N5OS/c1-2-5-11-15-16-13(20-11)14-12(19)10-8-9-6-3-4-7-18(9)17-10/h3-4,6-8H,2,5H2,1H3,(H,14,16,19). The molecule has 0 aromatic carbocycles. The summed E-state index contributed by atoms with van der Waals surface area (Å²) in [6.45, 7) is 2.08. The van der Waals surface area contributed by atoms with Crippen molar-refractivity contribution in [2.45, 2.75) is 19.8 Å². The number of fused-ring (bicyclic) bond motifs is 1. The number of rotatable bonds is 4. The van der Waals surface area contributed by atoms with E-state index in [0.29, 0.717) is 10.8 Å². The summed E-state index contributed by atoms with van der Waals surface area (Å²) in [6.07, 6.45) is 3.69. The first-order chi connectivity index (χ1) is 9.76. The number of carbonyl (C=O) groups excluding carboxylic acids is 1. The molecule has 0 radical (unpaired) electrons. The van der Waals surface area contributed by atoms with Crippen molar-refractivity contribution in [1.82, 2.24) is 19.8 Å². The fraction of sp³-hybridized carbons (Fsp3) is 0.231. The first-order valence-electron chi connectivity index (χ1n) is 6.34. The lowest BCUT2D eigenvalue weighted by molar-refractivity contribution is 0.102. The maximum Gasteiger partial charge on any atom is 0.278 e. The number of hydrogen-bond donors (Lipinski definition) is 1. The van der Waals surface area contributed by atoms with Gasteiger partial charge >= 0.3 is 0 Å². The largest absolute Gasteiger partial charge is 0.295 e. The van der Waals surface area contributed by atoms with Crippen molar-refractivity contribution in [3.8, 4) is 0 Å². The summed E-state index contributed by atoms with van der Waals surface area (Å²) in [5, 5.41) is 16.4. The Labute approximate surface area is 119 Å². The van der Waals surface area contributed by atoms with E-state index in [9.17, 15) is 4.79 Å². The van der Waals surface area contributed by atoms with Gasteiger partial charge in [-0.2, -0.15) is 5.10 Å². The number of carbonyl (C=O) groups is 1. The number of nitrogens with zero attached hydrogens (tertiary/aromatic N) is 4. The lowest BCUT2D eigenvalue weighted by Gasteiger charge is -1.95. The van der Waals surface area contributed by atoms with Gasteiger partial charge in [0.25, 0.3) is 5.91 Å². The molecule has 0 unspecified atom stereocenters. The van der Waals surface area contributed by atoms with Crippen LogP contribution in [0, 0.1) is 0 Å². The molecule has 0 spiro atoms. The highest BCUT2D eigenvalue weighted by molar-refractivity contribution is 7.15. The van der Waals surface area contributed by atoms with Crippen molar-refractivity contribution in [1.29, 1.82) is 0 Å². The van der Waals surface area contributed by atoms with Crippen LogP contribution in [0.3, 0.4) is 0 Å². The highest BCUT2D eigenvalue weighted by Gasteiger charge is 2.13. The summed E-state index contributed by atoms with van der Waals surface area (Å²) in [6, 6.07) is 7.40. The van der Waals surface area contributed by atoms with Crippen molar-refractivity contribution in [2.24, 2.45) is 0 Å². The minimum atomic E-state index is -0.270. The van der Waals surface area contributed by atoms with Crippen LogP contribution in [0.1, 0.15) is 28.8 Å². The lowest BCUT2D eigenvalue weighted by Crippen LogP contribution is -2.12. The minimum absolute atomic E-state index is 0.270. The molecule has 0 atom stereocenters. The van der Waals surface area contributed by atoms with Gasteiger partial charge in [-0.05, 0) is 24.6 Å². The molecule has 0 bridgehead atoms. The van der Waals surface area contributed by atoms with Gasteiger partial charge in [0.1, 0.15) is 5.01 Å². The van der Waals surface area contributed by atoms with Gasteiger partial charge in [-0.15, -0.1) is 10.2 Å². The molecule has 20 heavy (non-hydrogen) atoms. The van der Waals surface area contributed by atoms with Gasteiger partial charge in [-0.1, -0.05) is 24.3 Å². The quantitative estimate of drug-likeness (QED) is 0.799. The molecular formula is C13H13N5OS. The van der Waals surface area contributed by atoms with Crippen LogP contribution in [0.2, 0.25) is 0 Å². The van der Waals surface area contributed by atoms with Crippen molar-refractivity contribution in [3.05, 3.63) is 41.2 Å². The normalized spacial score (nSPS) is 10.8. The van der Waals surface area contributed by atoms with Crippen LogP contribution in [0.4, 0.5) is 5.13 Å². The number of hydrogen-bond acceptors (Lipinski definition) is 5. The van der Waals surface area contributed by atoms with E-state index in [0.717, 1.165) is 23.4 Å². The molecule has 1 N–H and O–H groups in total. The predicted octanol–water partition coefficient (Wildman–Crippen LogP) is 2.39. The zero-order chi connectivity index (χ0) is 13.9. The van der Waals surface area contributed by atoms with E-state index in [2.05, 4.69) is 27.5 Å². The number of nitrogens with one attached hydrogen (secondary N) is 1. The second kappa shape index (κ2) is 5.38. The molecular weight excluding hydrogens is 274 g/mol. The number of anilines is 1. The summed E-state index contributed by atoms with van der Waals surface area (Å²) in [4.78, 5) is 12.1. The van der Waals surface area contributed by atoms with Gasteiger partial charge in [0, 0.05) is 12.6 Å². The van der Waals surface area contributed by atoms with Crippen molar-refractivity contribution < 1.29 is 4.79 Å². The van der Waals surface area contributed by atoms with E-state index in [-0.39, 0.29) is 5.91 Å². The molecule has 0 saturated carbocycles. The van der Waals surface area contributed by atoms with Crippen LogP contribution < -0.4 is 5.32 Å². The number of aryl methyl sites for hydroxylation is 1. The van der Waals surface area contributed by atoms with E-state index in [1.807, 2.05) is 18.2 Å². The van der Waals surface area contributed by atoms with E-state index in [1.165, 1.54) is 11.3 Å². The number of aromatic nitrogens is 4. The second-order valence-corrected chi connectivity index (χ2v) is 5.37. The molecule has 0 saturated heterocycles. The Kier molecular flexibility index (Phi) is 3.42. The Hall–Kier alpha value is -2.28. The summed E-state index contributed by atoms with van der Waals surface area (Å²) in [7, 11) is 0. The number of amides is 1. The number of pyridine rings is 1. The predicted molar refractivity (Wildman–Crippen MR) is 77.0 cm³/mol. The van der Waals surface area contributed by atoms with Crippen LogP contribution in [-0.4, -0.2) is 25.7 Å². The molecule has 102 valence electrons.